The number of halogens is 1. The van der Waals surface area contributed by atoms with Gasteiger partial charge in [-0.15, -0.1) is 0 Å². The van der Waals surface area contributed by atoms with E-state index in [4.69, 9.17) is 11.6 Å². The van der Waals surface area contributed by atoms with Crippen molar-refractivity contribution in [2.24, 2.45) is 0 Å². The molecule has 0 atom stereocenters. The highest BCUT2D eigenvalue weighted by Crippen LogP contribution is 2.26. The van der Waals surface area contributed by atoms with Crippen LogP contribution in [0.3, 0.4) is 0 Å². The lowest BCUT2D eigenvalue weighted by Crippen LogP contribution is -2.44. The SMILES string of the molecule is Cc1cc(Cl)cc(CCN2CCNCC2)c1O. The molecule has 0 bridgehead atoms. The number of rotatable bonds is 3. The highest BCUT2D eigenvalue weighted by atomic mass is 35.5. The van der Waals surface area contributed by atoms with Gasteiger partial charge in [-0.3, -0.25) is 0 Å². The van der Waals surface area contributed by atoms with E-state index < -0.39 is 0 Å². The number of benzene rings is 1. The molecular formula is C13H19ClN2O. The summed E-state index contributed by atoms with van der Waals surface area (Å²) in [5, 5.41) is 14.0. The van der Waals surface area contributed by atoms with Gasteiger partial charge in [0.1, 0.15) is 5.75 Å². The van der Waals surface area contributed by atoms with E-state index in [0.717, 1.165) is 50.3 Å². The molecule has 1 aliphatic heterocycles. The molecule has 3 nitrogen and oxygen atoms in total. The minimum absolute atomic E-state index is 0.393. The lowest BCUT2D eigenvalue weighted by molar-refractivity contribution is 0.243. The molecule has 0 spiro atoms. The summed E-state index contributed by atoms with van der Waals surface area (Å²) in [5.41, 5.74) is 1.81. The Balaban J connectivity index is 1.98. The summed E-state index contributed by atoms with van der Waals surface area (Å²) in [6.07, 6.45) is 0.854. The number of aryl methyl sites for hydroxylation is 1. The highest BCUT2D eigenvalue weighted by molar-refractivity contribution is 6.30. The maximum atomic E-state index is 9.96. The first kappa shape index (κ1) is 12.7. The normalized spacial score (nSPS) is 17.3. The third-order valence-electron chi connectivity index (χ3n) is 3.25. The van der Waals surface area contributed by atoms with E-state index in [1.165, 1.54) is 0 Å². The molecule has 2 N–H and O–H groups in total. The maximum absolute atomic E-state index is 9.96. The van der Waals surface area contributed by atoms with Crippen molar-refractivity contribution < 1.29 is 5.11 Å². The molecular weight excluding hydrogens is 236 g/mol. The molecule has 4 heteroatoms. The molecule has 0 radical (unpaired) electrons. The van der Waals surface area contributed by atoms with Gasteiger partial charge >= 0.3 is 0 Å². The van der Waals surface area contributed by atoms with Crippen LogP contribution < -0.4 is 5.32 Å². The monoisotopic (exact) mass is 254 g/mol. The van der Waals surface area contributed by atoms with E-state index in [0.29, 0.717) is 10.8 Å². The Morgan fingerprint density at radius 2 is 2.06 bits per heavy atom. The number of phenols is 1. The largest absolute Gasteiger partial charge is 0.507 e. The fourth-order valence-corrected chi connectivity index (χ4v) is 2.50. The maximum Gasteiger partial charge on any atom is 0.121 e. The van der Waals surface area contributed by atoms with Crippen molar-refractivity contribution >= 4 is 11.6 Å². The fourth-order valence-electron chi connectivity index (χ4n) is 2.21. The molecule has 0 unspecified atom stereocenters. The van der Waals surface area contributed by atoms with E-state index in [1.54, 1.807) is 6.07 Å². The van der Waals surface area contributed by atoms with Crippen molar-refractivity contribution in [1.29, 1.82) is 0 Å². The predicted molar refractivity (Wildman–Crippen MR) is 70.9 cm³/mol. The van der Waals surface area contributed by atoms with Crippen molar-refractivity contribution in [1.82, 2.24) is 10.2 Å². The second-order valence-electron chi connectivity index (χ2n) is 4.57. The molecule has 1 aliphatic rings. The van der Waals surface area contributed by atoms with E-state index in [1.807, 2.05) is 13.0 Å². The first-order valence-corrected chi connectivity index (χ1v) is 6.45. The lowest BCUT2D eigenvalue weighted by atomic mass is 10.1. The predicted octanol–water partition coefficient (Wildman–Crippen LogP) is 1.80. The van der Waals surface area contributed by atoms with Gasteiger partial charge in [0.15, 0.2) is 0 Å². The van der Waals surface area contributed by atoms with Gasteiger partial charge in [-0.1, -0.05) is 11.6 Å². The molecule has 2 rings (SSSR count). The van der Waals surface area contributed by atoms with Gasteiger partial charge in [-0.25, -0.2) is 0 Å². The number of nitrogens with zero attached hydrogens (tertiary/aromatic N) is 1. The van der Waals surface area contributed by atoms with Gasteiger partial charge in [0.25, 0.3) is 0 Å². The van der Waals surface area contributed by atoms with Crippen molar-refractivity contribution in [3.8, 4) is 5.75 Å². The van der Waals surface area contributed by atoms with Crippen LogP contribution in [0, 0.1) is 6.92 Å². The van der Waals surface area contributed by atoms with Crippen molar-refractivity contribution in [2.75, 3.05) is 32.7 Å². The van der Waals surface area contributed by atoms with Crippen molar-refractivity contribution in [3.63, 3.8) is 0 Å². The molecule has 1 aromatic rings. The summed E-state index contributed by atoms with van der Waals surface area (Å²) >= 11 is 6.01. The van der Waals surface area contributed by atoms with Crippen LogP contribution in [0.15, 0.2) is 12.1 Å². The van der Waals surface area contributed by atoms with Crippen LogP contribution in [0.25, 0.3) is 0 Å². The van der Waals surface area contributed by atoms with E-state index in [-0.39, 0.29) is 0 Å². The van der Waals surface area contributed by atoms with Gasteiger partial charge in [-0.2, -0.15) is 0 Å². The summed E-state index contributed by atoms with van der Waals surface area (Å²) < 4.78 is 0. The second-order valence-corrected chi connectivity index (χ2v) is 5.01. The molecule has 94 valence electrons. The molecule has 0 aromatic heterocycles. The van der Waals surface area contributed by atoms with Gasteiger partial charge in [0, 0.05) is 37.7 Å². The van der Waals surface area contributed by atoms with E-state index in [9.17, 15) is 5.11 Å². The number of phenolic OH excluding ortho intramolecular Hbond substituents is 1. The third-order valence-corrected chi connectivity index (χ3v) is 3.47. The number of piperazine rings is 1. The smallest absolute Gasteiger partial charge is 0.121 e. The van der Waals surface area contributed by atoms with Gasteiger partial charge < -0.3 is 15.3 Å². The van der Waals surface area contributed by atoms with Crippen LogP contribution in [-0.4, -0.2) is 42.7 Å². The minimum Gasteiger partial charge on any atom is -0.507 e. The first-order chi connectivity index (χ1) is 8.16. The van der Waals surface area contributed by atoms with Crippen LogP contribution in [0.2, 0.25) is 5.02 Å². The van der Waals surface area contributed by atoms with Crippen LogP contribution in [0.1, 0.15) is 11.1 Å². The third kappa shape index (κ3) is 3.35. The second kappa shape index (κ2) is 5.71. The number of aromatic hydroxyl groups is 1. The van der Waals surface area contributed by atoms with Crippen molar-refractivity contribution in [3.05, 3.63) is 28.3 Å². The van der Waals surface area contributed by atoms with Crippen LogP contribution in [-0.2, 0) is 6.42 Å². The van der Waals surface area contributed by atoms with Crippen LogP contribution >= 0.6 is 11.6 Å². The Morgan fingerprint density at radius 3 is 2.76 bits per heavy atom. The lowest BCUT2D eigenvalue weighted by Gasteiger charge is -2.27. The Hall–Kier alpha value is -0.770. The van der Waals surface area contributed by atoms with E-state index >= 15 is 0 Å². The quantitative estimate of drug-likeness (QED) is 0.864. The summed E-state index contributed by atoms with van der Waals surface area (Å²) in [6, 6.07) is 3.66. The molecule has 1 aromatic carbocycles. The standard InChI is InChI=1S/C13H19ClN2O/c1-10-8-12(14)9-11(13(10)17)2-5-16-6-3-15-4-7-16/h8-9,15,17H,2-7H2,1H3. The Morgan fingerprint density at radius 1 is 1.35 bits per heavy atom. The number of nitrogens with one attached hydrogen (secondary N) is 1. The minimum atomic E-state index is 0.393. The average Bonchev–Trinajstić information content (AvgIpc) is 2.33. The summed E-state index contributed by atoms with van der Waals surface area (Å²) in [5.74, 6) is 0.393. The zero-order valence-electron chi connectivity index (χ0n) is 10.2. The zero-order chi connectivity index (χ0) is 12.3. The van der Waals surface area contributed by atoms with Crippen molar-refractivity contribution in [2.45, 2.75) is 13.3 Å². The van der Waals surface area contributed by atoms with Crippen LogP contribution in [0.5, 0.6) is 5.75 Å². The summed E-state index contributed by atoms with van der Waals surface area (Å²) in [7, 11) is 0. The molecule has 1 heterocycles. The molecule has 17 heavy (non-hydrogen) atoms. The Bertz CT molecular complexity index is 389. The molecule has 0 saturated carbocycles. The molecule has 0 aliphatic carbocycles. The average molecular weight is 255 g/mol. The molecule has 1 fully saturated rings. The Kier molecular flexibility index (Phi) is 4.26. The van der Waals surface area contributed by atoms with Gasteiger partial charge in [0.05, 0.1) is 0 Å². The molecule has 0 amide bonds. The number of hydrogen-bond acceptors (Lipinski definition) is 3. The summed E-state index contributed by atoms with van der Waals surface area (Å²) in [6.45, 7) is 7.15. The van der Waals surface area contributed by atoms with E-state index in [2.05, 4.69) is 10.2 Å². The summed E-state index contributed by atoms with van der Waals surface area (Å²) in [4.78, 5) is 2.41. The fraction of sp³-hybridized carbons (Fsp3) is 0.538. The van der Waals surface area contributed by atoms with Gasteiger partial charge in [0.2, 0.25) is 0 Å². The highest BCUT2D eigenvalue weighted by Gasteiger charge is 2.11. The first-order valence-electron chi connectivity index (χ1n) is 6.08. The van der Waals surface area contributed by atoms with Gasteiger partial charge in [-0.05, 0) is 36.6 Å². The van der Waals surface area contributed by atoms with Crippen LogP contribution in [0.4, 0.5) is 0 Å². The number of hydrogen-bond donors (Lipinski definition) is 2. The topological polar surface area (TPSA) is 35.5 Å². The molecule has 1 saturated heterocycles. The zero-order valence-corrected chi connectivity index (χ0v) is 10.9. The Labute approximate surface area is 107 Å².